The molecule has 0 aromatic heterocycles. The van der Waals surface area contributed by atoms with E-state index < -0.39 is 11.6 Å². The van der Waals surface area contributed by atoms with Crippen LogP contribution in [0, 0.1) is 11.6 Å². The van der Waals surface area contributed by atoms with Crippen LogP contribution in [0.4, 0.5) is 8.78 Å². The average Bonchev–Trinajstić information content (AvgIpc) is 2.49. The highest BCUT2D eigenvalue weighted by atomic mass is 19.2. The molecule has 0 aliphatic carbocycles. The van der Waals surface area contributed by atoms with E-state index in [0.29, 0.717) is 0 Å². The van der Waals surface area contributed by atoms with Crippen LogP contribution in [0.1, 0.15) is 18.5 Å². The summed E-state index contributed by atoms with van der Waals surface area (Å²) in [6.07, 6.45) is 0. The summed E-state index contributed by atoms with van der Waals surface area (Å²) in [5, 5.41) is 2.76. The van der Waals surface area contributed by atoms with E-state index in [1.165, 1.54) is 6.07 Å². The van der Waals surface area contributed by atoms with Crippen molar-refractivity contribution in [2.45, 2.75) is 13.0 Å². The molecule has 0 radical (unpaired) electrons. The zero-order valence-corrected chi connectivity index (χ0v) is 11.5. The lowest BCUT2D eigenvalue weighted by Crippen LogP contribution is -2.31. The first-order chi connectivity index (χ1) is 10.1. The zero-order valence-electron chi connectivity index (χ0n) is 11.5. The Morgan fingerprint density at radius 2 is 1.86 bits per heavy atom. The molecule has 0 saturated carbocycles. The molecule has 1 amide bonds. The second-order valence-electron chi connectivity index (χ2n) is 4.56. The third-order valence-electron chi connectivity index (χ3n) is 2.94. The van der Waals surface area contributed by atoms with Crippen molar-refractivity contribution in [2.75, 3.05) is 6.61 Å². The van der Waals surface area contributed by atoms with Gasteiger partial charge in [0, 0.05) is 6.07 Å². The molecule has 110 valence electrons. The maximum atomic E-state index is 13.0. The number of amides is 1. The summed E-state index contributed by atoms with van der Waals surface area (Å²) in [6, 6.07) is 12.4. The number of benzene rings is 2. The van der Waals surface area contributed by atoms with E-state index in [4.69, 9.17) is 4.74 Å². The fraction of sp³-hybridized carbons (Fsp3) is 0.188. The summed E-state index contributed by atoms with van der Waals surface area (Å²) in [5.41, 5.74) is 0.971. The number of carbonyl (C=O) groups is 1. The molecule has 1 N–H and O–H groups in total. The molecule has 1 unspecified atom stereocenters. The Kier molecular flexibility index (Phi) is 4.87. The zero-order chi connectivity index (χ0) is 15.2. The fourth-order valence-electron chi connectivity index (χ4n) is 1.82. The van der Waals surface area contributed by atoms with Crippen molar-refractivity contribution in [3.8, 4) is 5.75 Å². The molecule has 2 aromatic carbocycles. The average molecular weight is 291 g/mol. The largest absolute Gasteiger partial charge is 0.484 e. The molecule has 0 aliphatic heterocycles. The van der Waals surface area contributed by atoms with Crippen LogP contribution < -0.4 is 10.1 Å². The molecule has 0 spiro atoms. The van der Waals surface area contributed by atoms with E-state index in [1.807, 2.05) is 37.3 Å². The van der Waals surface area contributed by atoms with Gasteiger partial charge >= 0.3 is 0 Å². The van der Waals surface area contributed by atoms with Gasteiger partial charge in [0.15, 0.2) is 18.2 Å². The van der Waals surface area contributed by atoms with Crippen LogP contribution in [0.15, 0.2) is 48.5 Å². The molecule has 2 aromatic rings. The monoisotopic (exact) mass is 291 g/mol. The molecule has 3 nitrogen and oxygen atoms in total. The second-order valence-corrected chi connectivity index (χ2v) is 4.56. The fourth-order valence-corrected chi connectivity index (χ4v) is 1.82. The van der Waals surface area contributed by atoms with Gasteiger partial charge in [-0.05, 0) is 24.6 Å². The summed E-state index contributed by atoms with van der Waals surface area (Å²) in [6.45, 7) is 1.59. The summed E-state index contributed by atoms with van der Waals surface area (Å²) in [5.74, 6) is -2.19. The number of halogens is 2. The summed E-state index contributed by atoms with van der Waals surface area (Å²) in [7, 11) is 0. The van der Waals surface area contributed by atoms with Crippen molar-refractivity contribution in [2.24, 2.45) is 0 Å². The highest BCUT2D eigenvalue weighted by Gasteiger charge is 2.10. The lowest BCUT2D eigenvalue weighted by molar-refractivity contribution is -0.123. The minimum absolute atomic E-state index is 0.108. The molecule has 21 heavy (non-hydrogen) atoms. The highest BCUT2D eigenvalue weighted by Crippen LogP contribution is 2.15. The van der Waals surface area contributed by atoms with Crippen molar-refractivity contribution < 1.29 is 18.3 Å². The van der Waals surface area contributed by atoms with Gasteiger partial charge < -0.3 is 10.1 Å². The van der Waals surface area contributed by atoms with Crippen molar-refractivity contribution in [1.29, 1.82) is 0 Å². The third kappa shape index (κ3) is 4.27. The molecule has 0 saturated heterocycles. The Labute approximate surface area is 121 Å². The summed E-state index contributed by atoms with van der Waals surface area (Å²) >= 11 is 0. The highest BCUT2D eigenvalue weighted by molar-refractivity contribution is 5.78. The predicted molar refractivity (Wildman–Crippen MR) is 74.9 cm³/mol. The smallest absolute Gasteiger partial charge is 0.258 e. The van der Waals surface area contributed by atoms with Crippen LogP contribution in [0.25, 0.3) is 0 Å². The molecule has 2 rings (SSSR count). The van der Waals surface area contributed by atoms with Crippen LogP contribution in [0.5, 0.6) is 5.75 Å². The minimum atomic E-state index is -1.01. The Bertz CT molecular complexity index is 617. The topological polar surface area (TPSA) is 38.3 Å². The maximum absolute atomic E-state index is 13.0. The molecular weight excluding hydrogens is 276 g/mol. The Balaban J connectivity index is 1.86. The number of rotatable bonds is 5. The third-order valence-corrected chi connectivity index (χ3v) is 2.94. The molecule has 0 aliphatic rings. The SMILES string of the molecule is CC(NC(=O)COc1ccc(F)c(F)c1)c1ccccc1. The molecular formula is C16H15F2NO2. The van der Waals surface area contributed by atoms with Crippen molar-refractivity contribution >= 4 is 5.91 Å². The van der Waals surface area contributed by atoms with Crippen LogP contribution in [-0.2, 0) is 4.79 Å². The number of carbonyl (C=O) groups excluding carboxylic acids is 1. The first kappa shape index (κ1) is 15.0. The molecule has 5 heteroatoms. The van der Waals surface area contributed by atoms with Gasteiger partial charge in [-0.1, -0.05) is 30.3 Å². The quantitative estimate of drug-likeness (QED) is 0.918. The van der Waals surface area contributed by atoms with Crippen LogP contribution >= 0.6 is 0 Å². The van der Waals surface area contributed by atoms with E-state index in [-0.39, 0.29) is 24.3 Å². The van der Waals surface area contributed by atoms with E-state index in [0.717, 1.165) is 17.7 Å². The number of nitrogens with one attached hydrogen (secondary N) is 1. The number of ether oxygens (including phenoxy) is 1. The first-order valence-corrected chi connectivity index (χ1v) is 6.48. The predicted octanol–water partition coefficient (Wildman–Crippen LogP) is 3.22. The van der Waals surface area contributed by atoms with Crippen molar-refractivity contribution in [1.82, 2.24) is 5.32 Å². The van der Waals surface area contributed by atoms with E-state index >= 15 is 0 Å². The van der Waals surface area contributed by atoms with E-state index in [1.54, 1.807) is 0 Å². The standard InChI is InChI=1S/C16H15F2NO2/c1-11(12-5-3-2-4-6-12)19-16(20)10-21-13-7-8-14(17)15(18)9-13/h2-9,11H,10H2,1H3,(H,19,20). The van der Waals surface area contributed by atoms with Gasteiger partial charge in [-0.25, -0.2) is 8.78 Å². The number of hydrogen-bond donors (Lipinski definition) is 1. The Morgan fingerprint density at radius 3 is 2.52 bits per heavy atom. The molecule has 0 fully saturated rings. The lowest BCUT2D eigenvalue weighted by atomic mass is 10.1. The number of hydrogen-bond acceptors (Lipinski definition) is 2. The van der Waals surface area contributed by atoms with Crippen molar-refractivity contribution in [3.63, 3.8) is 0 Å². The van der Waals surface area contributed by atoms with Gasteiger partial charge in [0.25, 0.3) is 5.91 Å². The molecule has 0 bridgehead atoms. The Hall–Kier alpha value is -2.43. The van der Waals surface area contributed by atoms with Crippen LogP contribution in [-0.4, -0.2) is 12.5 Å². The van der Waals surface area contributed by atoms with Gasteiger partial charge in [-0.15, -0.1) is 0 Å². The second kappa shape index (κ2) is 6.83. The van der Waals surface area contributed by atoms with Crippen LogP contribution in [0.2, 0.25) is 0 Å². The van der Waals surface area contributed by atoms with E-state index in [2.05, 4.69) is 5.32 Å². The van der Waals surface area contributed by atoms with Gasteiger partial charge in [0.05, 0.1) is 6.04 Å². The van der Waals surface area contributed by atoms with Gasteiger partial charge in [0.1, 0.15) is 5.75 Å². The van der Waals surface area contributed by atoms with E-state index in [9.17, 15) is 13.6 Å². The first-order valence-electron chi connectivity index (χ1n) is 6.48. The normalized spacial score (nSPS) is 11.8. The molecule has 1 atom stereocenters. The summed E-state index contributed by atoms with van der Waals surface area (Å²) < 4.78 is 30.8. The maximum Gasteiger partial charge on any atom is 0.258 e. The van der Waals surface area contributed by atoms with Gasteiger partial charge in [-0.2, -0.15) is 0 Å². The molecule has 0 heterocycles. The van der Waals surface area contributed by atoms with Gasteiger partial charge in [0.2, 0.25) is 0 Å². The summed E-state index contributed by atoms with van der Waals surface area (Å²) in [4.78, 5) is 11.7. The Morgan fingerprint density at radius 1 is 1.14 bits per heavy atom. The lowest BCUT2D eigenvalue weighted by Gasteiger charge is -2.14. The minimum Gasteiger partial charge on any atom is -0.484 e. The van der Waals surface area contributed by atoms with Gasteiger partial charge in [-0.3, -0.25) is 4.79 Å². The van der Waals surface area contributed by atoms with Crippen molar-refractivity contribution in [3.05, 3.63) is 65.7 Å². The van der Waals surface area contributed by atoms with Crippen LogP contribution in [0.3, 0.4) is 0 Å².